The summed E-state index contributed by atoms with van der Waals surface area (Å²) < 4.78 is 48.6. The highest BCUT2D eigenvalue weighted by molar-refractivity contribution is 5.96. The topological polar surface area (TPSA) is 76.6 Å². The Balaban J connectivity index is 1.61. The fourth-order valence-electron chi connectivity index (χ4n) is 3.45. The van der Waals surface area contributed by atoms with Gasteiger partial charge < -0.3 is 19.7 Å². The van der Waals surface area contributed by atoms with Crippen LogP contribution in [-0.2, 0) is 13.0 Å². The number of anilines is 2. The Morgan fingerprint density at radius 3 is 2.64 bits per heavy atom. The molecule has 0 atom stereocenters. The third-order valence-electron chi connectivity index (χ3n) is 5.10. The Bertz CT molecular complexity index is 1140. The minimum atomic E-state index is -4.54. The molecule has 3 aromatic rings. The maximum absolute atomic E-state index is 12.6. The number of hydrogen-bond acceptors (Lipinski definition) is 6. The van der Waals surface area contributed by atoms with Gasteiger partial charge in [0.1, 0.15) is 24.5 Å². The van der Waals surface area contributed by atoms with Crippen LogP contribution in [0.4, 0.5) is 24.8 Å². The molecule has 172 valence electrons. The Kier molecular flexibility index (Phi) is 6.34. The number of fused-ring (bicyclic) bond motifs is 1. The summed E-state index contributed by atoms with van der Waals surface area (Å²) in [6, 6.07) is 14.9. The van der Waals surface area contributed by atoms with E-state index in [0.29, 0.717) is 18.2 Å². The van der Waals surface area contributed by atoms with Crippen molar-refractivity contribution in [2.75, 3.05) is 25.1 Å². The van der Waals surface area contributed by atoms with E-state index in [-0.39, 0.29) is 18.1 Å². The van der Waals surface area contributed by atoms with Crippen molar-refractivity contribution in [2.45, 2.75) is 19.2 Å². The summed E-state index contributed by atoms with van der Waals surface area (Å²) in [6.45, 7) is -0.779. The number of ether oxygens (including phenoxy) is 2. The standard InChI is InChI=1S/C23H21F3N4O3/c1-32-17-8-6-15(7-9-17)13-33-21-18(20(31)28-14-23(24,25)26)12-27-22(29-21)30-11-10-16-4-2-3-5-19(16)30/h2-9,12H,10-11,13-14H2,1H3,(H,28,31). The van der Waals surface area contributed by atoms with Crippen LogP contribution in [0.1, 0.15) is 21.5 Å². The van der Waals surface area contributed by atoms with Crippen molar-refractivity contribution in [1.82, 2.24) is 15.3 Å². The predicted octanol–water partition coefficient (Wildman–Crippen LogP) is 4.05. The molecule has 1 aromatic heterocycles. The SMILES string of the molecule is COc1ccc(COc2nc(N3CCc4ccccc43)ncc2C(=O)NCC(F)(F)F)cc1. The summed E-state index contributed by atoms with van der Waals surface area (Å²) in [7, 11) is 1.55. The second-order valence-corrected chi connectivity index (χ2v) is 7.35. The highest BCUT2D eigenvalue weighted by Crippen LogP contribution is 2.33. The number of rotatable bonds is 7. The number of aromatic nitrogens is 2. The number of benzene rings is 2. The van der Waals surface area contributed by atoms with Crippen LogP contribution >= 0.6 is 0 Å². The maximum atomic E-state index is 12.6. The summed E-state index contributed by atoms with van der Waals surface area (Å²) in [5.41, 5.74) is 2.66. The number of amides is 1. The first-order chi connectivity index (χ1) is 15.8. The lowest BCUT2D eigenvalue weighted by Gasteiger charge is -2.19. The quantitative estimate of drug-likeness (QED) is 0.576. The van der Waals surface area contributed by atoms with E-state index in [4.69, 9.17) is 9.47 Å². The van der Waals surface area contributed by atoms with Gasteiger partial charge in [-0.25, -0.2) is 4.98 Å². The third kappa shape index (κ3) is 5.33. The largest absolute Gasteiger partial charge is 0.497 e. The lowest BCUT2D eigenvalue weighted by molar-refractivity contribution is -0.123. The number of carbonyl (C=O) groups is 1. The lowest BCUT2D eigenvalue weighted by Crippen LogP contribution is -2.34. The molecule has 0 saturated heterocycles. The van der Waals surface area contributed by atoms with Crippen molar-refractivity contribution in [1.29, 1.82) is 0 Å². The predicted molar refractivity (Wildman–Crippen MR) is 115 cm³/mol. The van der Waals surface area contributed by atoms with E-state index in [1.54, 1.807) is 31.4 Å². The van der Waals surface area contributed by atoms with Gasteiger partial charge in [-0.05, 0) is 35.7 Å². The van der Waals surface area contributed by atoms with E-state index in [9.17, 15) is 18.0 Å². The number of nitrogens with zero attached hydrogens (tertiary/aromatic N) is 3. The van der Waals surface area contributed by atoms with Crippen LogP contribution in [0.5, 0.6) is 11.6 Å². The number of halogens is 3. The van der Waals surface area contributed by atoms with Gasteiger partial charge in [0.2, 0.25) is 11.8 Å². The fraction of sp³-hybridized carbons (Fsp3) is 0.261. The average molecular weight is 458 g/mol. The van der Waals surface area contributed by atoms with E-state index in [1.165, 1.54) is 6.20 Å². The molecule has 0 bridgehead atoms. The zero-order chi connectivity index (χ0) is 23.4. The molecule has 1 amide bonds. The minimum absolute atomic E-state index is 0.0522. The fourth-order valence-corrected chi connectivity index (χ4v) is 3.45. The highest BCUT2D eigenvalue weighted by atomic mass is 19.4. The van der Waals surface area contributed by atoms with Crippen molar-refractivity contribution >= 4 is 17.5 Å². The van der Waals surface area contributed by atoms with Crippen LogP contribution in [0.25, 0.3) is 0 Å². The zero-order valence-corrected chi connectivity index (χ0v) is 17.7. The number of hydrogen-bond donors (Lipinski definition) is 1. The maximum Gasteiger partial charge on any atom is 0.405 e. The van der Waals surface area contributed by atoms with Crippen LogP contribution in [0.15, 0.2) is 54.7 Å². The van der Waals surface area contributed by atoms with E-state index in [2.05, 4.69) is 9.97 Å². The number of nitrogens with one attached hydrogen (secondary N) is 1. The Labute approximate surface area is 188 Å². The van der Waals surface area contributed by atoms with Crippen LogP contribution in [0.3, 0.4) is 0 Å². The molecule has 7 nitrogen and oxygen atoms in total. The molecule has 2 aromatic carbocycles. The van der Waals surface area contributed by atoms with E-state index < -0.39 is 18.6 Å². The molecule has 4 rings (SSSR count). The van der Waals surface area contributed by atoms with Gasteiger partial charge in [-0.3, -0.25) is 4.79 Å². The first-order valence-electron chi connectivity index (χ1n) is 10.2. The summed E-state index contributed by atoms with van der Waals surface area (Å²) in [4.78, 5) is 23.0. The lowest BCUT2D eigenvalue weighted by atomic mass is 10.2. The van der Waals surface area contributed by atoms with Crippen molar-refractivity contribution in [2.24, 2.45) is 0 Å². The summed E-state index contributed by atoms with van der Waals surface area (Å²) >= 11 is 0. The second-order valence-electron chi connectivity index (χ2n) is 7.35. The van der Waals surface area contributed by atoms with Gasteiger partial charge in [-0.15, -0.1) is 0 Å². The van der Waals surface area contributed by atoms with Gasteiger partial charge in [0.15, 0.2) is 0 Å². The molecule has 0 unspecified atom stereocenters. The Hall–Kier alpha value is -3.82. The zero-order valence-electron chi connectivity index (χ0n) is 17.7. The molecule has 0 saturated carbocycles. The van der Waals surface area contributed by atoms with Gasteiger partial charge >= 0.3 is 6.18 Å². The van der Waals surface area contributed by atoms with Crippen LogP contribution in [0.2, 0.25) is 0 Å². The van der Waals surface area contributed by atoms with E-state index >= 15 is 0 Å². The first kappa shape index (κ1) is 22.4. The molecule has 33 heavy (non-hydrogen) atoms. The molecule has 0 spiro atoms. The minimum Gasteiger partial charge on any atom is -0.497 e. The summed E-state index contributed by atoms with van der Waals surface area (Å²) in [5, 5.41) is 1.84. The molecular weight excluding hydrogens is 437 g/mol. The van der Waals surface area contributed by atoms with Gasteiger partial charge in [-0.1, -0.05) is 30.3 Å². The summed E-state index contributed by atoms with van der Waals surface area (Å²) in [6.07, 6.45) is -2.55. The van der Waals surface area contributed by atoms with Crippen LogP contribution < -0.4 is 19.7 Å². The van der Waals surface area contributed by atoms with Gasteiger partial charge in [0, 0.05) is 18.4 Å². The first-order valence-corrected chi connectivity index (χ1v) is 10.2. The number of methoxy groups -OCH3 is 1. The van der Waals surface area contributed by atoms with Gasteiger partial charge in [0.05, 0.1) is 7.11 Å². The average Bonchev–Trinajstić information content (AvgIpc) is 3.25. The van der Waals surface area contributed by atoms with Crippen molar-refractivity contribution in [3.63, 3.8) is 0 Å². The van der Waals surface area contributed by atoms with Crippen LogP contribution in [-0.4, -0.2) is 42.3 Å². The highest BCUT2D eigenvalue weighted by Gasteiger charge is 2.29. The molecule has 0 radical (unpaired) electrons. The summed E-state index contributed by atoms with van der Waals surface area (Å²) in [5.74, 6) is -0.0923. The number of carbonyl (C=O) groups excluding carboxylic acids is 1. The molecule has 10 heteroatoms. The van der Waals surface area contributed by atoms with Gasteiger partial charge in [-0.2, -0.15) is 18.2 Å². The smallest absolute Gasteiger partial charge is 0.405 e. The normalized spacial score (nSPS) is 12.9. The molecule has 1 aliphatic rings. The number of alkyl halides is 3. The third-order valence-corrected chi connectivity index (χ3v) is 5.10. The van der Waals surface area contributed by atoms with E-state index in [1.807, 2.05) is 34.5 Å². The Morgan fingerprint density at radius 2 is 1.91 bits per heavy atom. The van der Waals surface area contributed by atoms with Gasteiger partial charge in [0.25, 0.3) is 5.91 Å². The van der Waals surface area contributed by atoms with Crippen molar-refractivity contribution in [3.8, 4) is 11.6 Å². The van der Waals surface area contributed by atoms with Crippen LogP contribution in [0, 0.1) is 0 Å². The van der Waals surface area contributed by atoms with Crippen molar-refractivity contribution in [3.05, 3.63) is 71.4 Å². The molecule has 2 heterocycles. The van der Waals surface area contributed by atoms with Crippen molar-refractivity contribution < 1.29 is 27.4 Å². The molecule has 0 aliphatic carbocycles. The molecule has 1 aliphatic heterocycles. The molecule has 0 fully saturated rings. The second kappa shape index (κ2) is 9.35. The Morgan fingerprint density at radius 1 is 1.15 bits per heavy atom. The molecular formula is C23H21F3N4O3. The monoisotopic (exact) mass is 458 g/mol. The molecule has 1 N–H and O–H groups in total. The number of para-hydroxylation sites is 1. The van der Waals surface area contributed by atoms with E-state index in [0.717, 1.165) is 23.2 Å².